The van der Waals surface area contributed by atoms with Gasteiger partial charge in [-0.3, -0.25) is 4.79 Å². The van der Waals surface area contributed by atoms with Gasteiger partial charge >= 0.3 is 5.97 Å². The van der Waals surface area contributed by atoms with Crippen molar-refractivity contribution in [2.45, 2.75) is 33.1 Å². The van der Waals surface area contributed by atoms with E-state index in [0.717, 1.165) is 12.1 Å². The molecule has 0 fully saturated rings. The van der Waals surface area contributed by atoms with Crippen LogP contribution in [0.3, 0.4) is 0 Å². The zero-order chi connectivity index (χ0) is 13.3. The monoisotopic (exact) mass is 247 g/mol. The van der Waals surface area contributed by atoms with Gasteiger partial charge in [0, 0.05) is 19.3 Å². The molecule has 0 spiro atoms. The fourth-order valence-corrected chi connectivity index (χ4v) is 2.55. The third kappa shape index (κ3) is 2.50. The number of hydrogen-bond acceptors (Lipinski definition) is 2. The quantitative estimate of drug-likeness (QED) is 0.889. The van der Waals surface area contributed by atoms with Crippen molar-refractivity contribution in [3.05, 3.63) is 29.3 Å². The van der Waals surface area contributed by atoms with E-state index in [4.69, 9.17) is 5.11 Å². The number of carbonyl (C=O) groups is 1. The molecule has 1 aromatic carbocycles. The highest BCUT2D eigenvalue weighted by molar-refractivity contribution is 5.74. The van der Waals surface area contributed by atoms with Gasteiger partial charge in [-0.15, -0.1) is 0 Å². The van der Waals surface area contributed by atoms with Crippen molar-refractivity contribution in [3.63, 3.8) is 0 Å². The number of nitrogens with zero attached hydrogens (tertiary/aromatic N) is 1. The first-order valence-electron chi connectivity index (χ1n) is 6.46. The van der Waals surface area contributed by atoms with Crippen LogP contribution in [0.5, 0.6) is 0 Å². The van der Waals surface area contributed by atoms with Crippen LogP contribution in [0.15, 0.2) is 18.2 Å². The van der Waals surface area contributed by atoms with E-state index in [0.29, 0.717) is 6.54 Å². The highest BCUT2D eigenvalue weighted by Crippen LogP contribution is 2.28. The van der Waals surface area contributed by atoms with Crippen LogP contribution in [0.25, 0.3) is 0 Å². The predicted molar refractivity (Wildman–Crippen MR) is 73.2 cm³/mol. The number of benzene rings is 1. The lowest BCUT2D eigenvalue weighted by molar-refractivity contribution is -0.146. The zero-order valence-corrected chi connectivity index (χ0v) is 11.4. The van der Waals surface area contributed by atoms with E-state index in [1.165, 1.54) is 24.0 Å². The number of hydrogen-bond donors (Lipinski definition) is 1. The largest absolute Gasteiger partial charge is 0.481 e. The summed E-state index contributed by atoms with van der Waals surface area (Å²) < 4.78 is 0. The third-order valence-corrected chi connectivity index (χ3v) is 3.73. The lowest BCUT2D eigenvalue weighted by Crippen LogP contribution is -2.37. The molecule has 3 heteroatoms. The van der Waals surface area contributed by atoms with Crippen LogP contribution in [-0.4, -0.2) is 24.7 Å². The minimum Gasteiger partial charge on any atom is -0.481 e. The van der Waals surface area contributed by atoms with Crippen molar-refractivity contribution in [2.75, 3.05) is 18.5 Å². The van der Waals surface area contributed by atoms with Crippen LogP contribution >= 0.6 is 0 Å². The van der Waals surface area contributed by atoms with Crippen molar-refractivity contribution in [3.8, 4) is 0 Å². The van der Waals surface area contributed by atoms with Crippen molar-refractivity contribution >= 4 is 11.7 Å². The Hall–Kier alpha value is -1.51. The van der Waals surface area contributed by atoms with Gasteiger partial charge in [-0.25, -0.2) is 0 Å². The summed E-state index contributed by atoms with van der Waals surface area (Å²) in [5.74, 6) is -0.754. The van der Waals surface area contributed by atoms with Crippen LogP contribution in [0.2, 0.25) is 0 Å². The van der Waals surface area contributed by atoms with E-state index in [-0.39, 0.29) is 0 Å². The second-order valence-electron chi connectivity index (χ2n) is 5.85. The first-order chi connectivity index (χ1) is 8.40. The topological polar surface area (TPSA) is 40.5 Å². The molecule has 0 radical (unpaired) electrons. The Morgan fingerprint density at radius 1 is 1.33 bits per heavy atom. The van der Waals surface area contributed by atoms with E-state index in [1.807, 2.05) is 11.9 Å². The normalized spacial score (nSPS) is 14.4. The third-order valence-electron chi connectivity index (χ3n) is 3.73. The summed E-state index contributed by atoms with van der Waals surface area (Å²) >= 11 is 0. The highest BCUT2D eigenvalue weighted by atomic mass is 16.4. The molecule has 0 aromatic heterocycles. The maximum absolute atomic E-state index is 11.1. The summed E-state index contributed by atoms with van der Waals surface area (Å²) in [7, 11) is 1.96. The maximum atomic E-state index is 11.1. The molecule has 0 unspecified atom stereocenters. The summed E-state index contributed by atoms with van der Waals surface area (Å²) in [6.07, 6.45) is 3.57. The molecule has 0 aliphatic heterocycles. The molecule has 0 atom stereocenters. The molecule has 0 heterocycles. The Morgan fingerprint density at radius 3 is 2.67 bits per heavy atom. The molecule has 1 aliphatic carbocycles. The summed E-state index contributed by atoms with van der Waals surface area (Å²) in [4.78, 5) is 13.2. The fraction of sp³-hybridized carbons (Fsp3) is 0.533. The molecule has 1 N–H and O–H groups in total. The van der Waals surface area contributed by atoms with Gasteiger partial charge in [0.15, 0.2) is 0 Å². The van der Waals surface area contributed by atoms with Gasteiger partial charge < -0.3 is 10.0 Å². The number of rotatable bonds is 4. The molecular formula is C15H21NO2. The van der Waals surface area contributed by atoms with Crippen molar-refractivity contribution in [2.24, 2.45) is 5.41 Å². The Morgan fingerprint density at radius 2 is 2.00 bits per heavy atom. The molecule has 1 aliphatic rings. The van der Waals surface area contributed by atoms with Gasteiger partial charge in [-0.2, -0.15) is 0 Å². The minimum absolute atomic E-state index is 0.515. The number of anilines is 1. The molecule has 1 aromatic rings. The molecule has 2 rings (SSSR count). The van der Waals surface area contributed by atoms with Crippen LogP contribution in [0.4, 0.5) is 5.69 Å². The first-order valence-corrected chi connectivity index (χ1v) is 6.46. The van der Waals surface area contributed by atoms with E-state index in [2.05, 4.69) is 18.2 Å². The number of aliphatic carboxylic acids is 1. The van der Waals surface area contributed by atoms with E-state index >= 15 is 0 Å². The van der Waals surface area contributed by atoms with Crippen LogP contribution in [0, 0.1) is 5.41 Å². The molecule has 0 saturated heterocycles. The number of carboxylic acid groups (broad SMARTS) is 1. The summed E-state index contributed by atoms with van der Waals surface area (Å²) in [6.45, 7) is 4.04. The lowest BCUT2D eigenvalue weighted by Gasteiger charge is -2.28. The predicted octanol–water partition coefficient (Wildman–Crippen LogP) is 2.72. The average molecular weight is 247 g/mol. The van der Waals surface area contributed by atoms with Gasteiger partial charge in [-0.1, -0.05) is 6.07 Å². The maximum Gasteiger partial charge on any atom is 0.310 e. The Bertz CT molecular complexity index is 466. The Labute approximate surface area is 108 Å². The van der Waals surface area contributed by atoms with Crippen molar-refractivity contribution < 1.29 is 9.90 Å². The van der Waals surface area contributed by atoms with E-state index in [1.54, 1.807) is 13.8 Å². The lowest BCUT2D eigenvalue weighted by atomic mass is 9.93. The molecular weight excluding hydrogens is 226 g/mol. The van der Waals surface area contributed by atoms with E-state index in [9.17, 15) is 4.79 Å². The van der Waals surface area contributed by atoms with Crippen LogP contribution < -0.4 is 4.90 Å². The molecule has 0 bridgehead atoms. The van der Waals surface area contributed by atoms with E-state index < -0.39 is 11.4 Å². The Kier molecular flexibility index (Phi) is 3.33. The van der Waals surface area contributed by atoms with Gasteiger partial charge in [-0.05, 0) is 56.4 Å². The average Bonchev–Trinajstić information content (AvgIpc) is 2.74. The Balaban J connectivity index is 2.14. The van der Waals surface area contributed by atoms with Gasteiger partial charge in [0.2, 0.25) is 0 Å². The smallest absolute Gasteiger partial charge is 0.310 e. The summed E-state index contributed by atoms with van der Waals surface area (Å²) in [5, 5.41) is 9.17. The fourth-order valence-electron chi connectivity index (χ4n) is 2.55. The zero-order valence-electron chi connectivity index (χ0n) is 11.4. The van der Waals surface area contributed by atoms with Crippen LogP contribution in [-0.2, 0) is 17.6 Å². The van der Waals surface area contributed by atoms with Crippen molar-refractivity contribution in [1.29, 1.82) is 0 Å². The van der Waals surface area contributed by atoms with Crippen LogP contribution in [0.1, 0.15) is 31.4 Å². The molecule has 18 heavy (non-hydrogen) atoms. The van der Waals surface area contributed by atoms with Gasteiger partial charge in [0.1, 0.15) is 0 Å². The summed E-state index contributed by atoms with van der Waals surface area (Å²) in [5.41, 5.74) is 3.26. The van der Waals surface area contributed by atoms with Crippen molar-refractivity contribution in [1.82, 2.24) is 0 Å². The highest BCUT2D eigenvalue weighted by Gasteiger charge is 2.29. The number of carboxylic acids is 1. The second-order valence-corrected chi connectivity index (χ2v) is 5.85. The molecule has 3 nitrogen and oxygen atoms in total. The molecule has 0 amide bonds. The first kappa shape index (κ1) is 12.9. The SMILES string of the molecule is CN(CC(C)(C)C(=O)O)c1ccc2c(c1)CCC2. The molecule has 0 saturated carbocycles. The van der Waals surface area contributed by atoms with Gasteiger partial charge in [0.25, 0.3) is 0 Å². The number of aryl methyl sites for hydroxylation is 2. The molecule has 98 valence electrons. The standard InChI is InChI=1S/C15H21NO2/c1-15(2,14(17)18)10-16(3)13-8-7-11-5-4-6-12(11)9-13/h7-9H,4-6,10H2,1-3H3,(H,17,18). The summed E-state index contributed by atoms with van der Waals surface area (Å²) in [6, 6.07) is 6.49. The number of fused-ring (bicyclic) bond motifs is 1. The second kappa shape index (κ2) is 4.63. The van der Waals surface area contributed by atoms with Gasteiger partial charge in [0.05, 0.1) is 5.41 Å². The minimum atomic E-state index is -0.754.